The number of hydrogen-bond acceptors (Lipinski definition) is 2. The summed E-state index contributed by atoms with van der Waals surface area (Å²) in [5.41, 5.74) is 4.37. The van der Waals surface area contributed by atoms with E-state index in [2.05, 4.69) is 75.5 Å². The van der Waals surface area contributed by atoms with E-state index in [-0.39, 0.29) is 23.4 Å². The van der Waals surface area contributed by atoms with E-state index in [0.29, 0.717) is 24.3 Å². The van der Waals surface area contributed by atoms with E-state index in [9.17, 15) is 8.78 Å². The van der Waals surface area contributed by atoms with Gasteiger partial charge < -0.3 is 4.74 Å². The van der Waals surface area contributed by atoms with Gasteiger partial charge in [0.05, 0.1) is 19.3 Å². The van der Waals surface area contributed by atoms with Crippen LogP contribution in [0.5, 0.6) is 5.75 Å². The molecule has 1 saturated carbocycles. The molecule has 4 unspecified atom stereocenters. The van der Waals surface area contributed by atoms with Crippen molar-refractivity contribution in [2.24, 2.45) is 11.8 Å². The molecule has 1 aromatic carbocycles. The summed E-state index contributed by atoms with van der Waals surface area (Å²) in [6.45, 7) is 16.7. The second kappa shape index (κ2) is 13.3. The molecule has 0 saturated heterocycles. The van der Waals surface area contributed by atoms with E-state index in [1.807, 2.05) is 0 Å². The molecule has 3 nitrogen and oxygen atoms in total. The number of unbranched alkanes of at least 4 members (excludes halogenated alkanes) is 1. The summed E-state index contributed by atoms with van der Waals surface area (Å²) in [5, 5.41) is 5.83. The lowest BCUT2D eigenvalue weighted by atomic mass is 9.77. The SMILES string of the molecule is CCC(C)c1c(OC)cccc1C1C(C(=P)Cn2nc3c(c2C(C)(F)F)[C@@H](C)CC3C)CC[C@H]1C.CCCC. The van der Waals surface area contributed by atoms with Gasteiger partial charge in [0.25, 0.3) is 5.92 Å². The molecule has 6 heteroatoms. The molecule has 0 radical (unpaired) electrons. The van der Waals surface area contributed by atoms with Crippen molar-refractivity contribution in [3.63, 3.8) is 0 Å². The summed E-state index contributed by atoms with van der Waals surface area (Å²) in [6, 6.07) is 6.40. The van der Waals surface area contributed by atoms with Crippen LogP contribution in [0.25, 0.3) is 0 Å². The summed E-state index contributed by atoms with van der Waals surface area (Å²) in [7, 11) is 5.71. The fourth-order valence-corrected chi connectivity index (χ4v) is 7.31. The summed E-state index contributed by atoms with van der Waals surface area (Å²) >= 11 is 0. The molecule has 4 rings (SSSR count). The highest BCUT2D eigenvalue weighted by molar-refractivity contribution is 7.21. The van der Waals surface area contributed by atoms with Crippen molar-refractivity contribution in [1.82, 2.24) is 9.78 Å². The lowest BCUT2D eigenvalue weighted by Gasteiger charge is -2.30. The van der Waals surface area contributed by atoms with Crippen LogP contribution in [0.4, 0.5) is 8.78 Å². The third-order valence-corrected chi connectivity index (χ3v) is 9.66. The molecule has 39 heavy (non-hydrogen) atoms. The zero-order chi connectivity index (χ0) is 29.1. The molecule has 1 fully saturated rings. The summed E-state index contributed by atoms with van der Waals surface area (Å²) in [5.74, 6) is -0.201. The van der Waals surface area contributed by atoms with E-state index in [1.54, 1.807) is 11.8 Å². The maximum atomic E-state index is 14.9. The highest BCUT2D eigenvalue weighted by Crippen LogP contribution is 2.50. The topological polar surface area (TPSA) is 27.1 Å². The van der Waals surface area contributed by atoms with Gasteiger partial charge >= 0.3 is 0 Å². The van der Waals surface area contributed by atoms with Gasteiger partial charge in [-0.05, 0) is 72.2 Å². The first kappa shape index (κ1) is 31.8. The van der Waals surface area contributed by atoms with Gasteiger partial charge in [-0.2, -0.15) is 13.9 Å². The predicted molar refractivity (Wildman–Crippen MR) is 163 cm³/mol. The molecular formula is C33H51F2N2OP. The molecule has 0 aliphatic heterocycles. The van der Waals surface area contributed by atoms with E-state index < -0.39 is 5.92 Å². The highest BCUT2D eigenvalue weighted by Gasteiger charge is 2.43. The summed E-state index contributed by atoms with van der Waals surface area (Å²) < 4.78 is 37.2. The van der Waals surface area contributed by atoms with Gasteiger partial charge in [0.15, 0.2) is 0 Å². The van der Waals surface area contributed by atoms with Crippen LogP contribution in [-0.4, -0.2) is 22.2 Å². The Kier molecular flexibility index (Phi) is 10.8. The smallest absolute Gasteiger partial charge is 0.286 e. The molecule has 0 N–H and O–H groups in total. The van der Waals surface area contributed by atoms with Crippen LogP contribution < -0.4 is 4.74 Å². The molecular weight excluding hydrogens is 509 g/mol. The molecule has 2 aliphatic rings. The quantitative estimate of drug-likeness (QED) is 0.285. The fraction of sp³-hybridized carbons (Fsp3) is 0.697. The highest BCUT2D eigenvalue weighted by atomic mass is 31.0. The first-order chi connectivity index (χ1) is 18.4. The largest absolute Gasteiger partial charge is 0.496 e. The first-order valence-corrected chi connectivity index (χ1v) is 15.6. The zero-order valence-corrected chi connectivity index (χ0v) is 26.7. The first-order valence-electron chi connectivity index (χ1n) is 15.1. The maximum Gasteiger partial charge on any atom is 0.286 e. The lowest BCUT2D eigenvalue weighted by Crippen LogP contribution is -2.27. The van der Waals surface area contributed by atoms with Gasteiger partial charge in [0.1, 0.15) is 11.4 Å². The van der Waals surface area contributed by atoms with Crippen LogP contribution in [0.1, 0.15) is 146 Å². The predicted octanol–water partition coefficient (Wildman–Crippen LogP) is 10.1. The van der Waals surface area contributed by atoms with Gasteiger partial charge in [0.2, 0.25) is 0 Å². The van der Waals surface area contributed by atoms with Crippen LogP contribution in [0.15, 0.2) is 18.2 Å². The maximum absolute atomic E-state index is 14.9. The average Bonchev–Trinajstić information content (AvgIpc) is 3.55. The Balaban J connectivity index is 0.000000983. The monoisotopic (exact) mass is 560 g/mol. The third kappa shape index (κ3) is 6.61. The number of halogens is 2. The van der Waals surface area contributed by atoms with Crippen LogP contribution in [0.2, 0.25) is 0 Å². The second-order valence-corrected chi connectivity index (χ2v) is 12.9. The van der Waals surface area contributed by atoms with Crippen LogP contribution in [-0.2, 0) is 12.5 Å². The van der Waals surface area contributed by atoms with Gasteiger partial charge in [-0.15, -0.1) is 8.86 Å². The number of rotatable bonds is 9. The van der Waals surface area contributed by atoms with E-state index >= 15 is 0 Å². The standard InChI is InChI=1S/C29H41F2N2OP.C4H10/c1-8-16(2)25-21(10-9-11-22(25)34-7)24-17(3)12-13-20(24)23(35)15-33-28(29(6,30)31)26-18(4)14-19(5)27(26)32-33;1-3-4-2/h9-11,16-20,24,35H,8,12-15H2,1-7H3;3-4H2,1-2H3/t16?,17-,18+,19?,20?,24?;/m1./s1. The van der Waals surface area contributed by atoms with Crippen molar-refractivity contribution in [2.45, 2.75) is 130 Å². The summed E-state index contributed by atoms with van der Waals surface area (Å²) in [6.07, 6.45) is 6.71. The van der Waals surface area contributed by atoms with Gasteiger partial charge in [-0.25, -0.2) is 0 Å². The van der Waals surface area contributed by atoms with Crippen molar-refractivity contribution in [3.8, 4) is 5.75 Å². The normalized spacial score (nSPS) is 25.2. The van der Waals surface area contributed by atoms with Gasteiger partial charge in [0, 0.05) is 24.0 Å². The Morgan fingerprint density at radius 1 is 1.13 bits per heavy atom. The van der Waals surface area contributed by atoms with E-state index in [0.717, 1.165) is 54.9 Å². The molecule has 218 valence electrons. The lowest BCUT2D eigenvalue weighted by molar-refractivity contribution is 0.00721. The Bertz CT molecular complexity index is 1120. The number of benzene rings is 1. The van der Waals surface area contributed by atoms with Crippen LogP contribution >= 0.6 is 8.86 Å². The average molecular weight is 561 g/mol. The third-order valence-electron chi connectivity index (χ3n) is 9.13. The minimum Gasteiger partial charge on any atom is -0.496 e. The molecule has 1 aromatic heterocycles. The Morgan fingerprint density at radius 3 is 2.36 bits per heavy atom. The molecule has 2 aromatic rings. The molecule has 0 bridgehead atoms. The van der Waals surface area contributed by atoms with Gasteiger partial charge in [-0.1, -0.05) is 73.4 Å². The molecule has 2 aliphatic carbocycles. The van der Waals surface area contributed by atoms with Crippen molar-refractivity contribution in [1.29, 1.82) is 0 Å². The van der Waals surface area contributed by atoms with Crippen LogP contribution in [0, 0.1) is 11.8 Å². The minimum atomic E-state index is -2.93. The number of fused-ring (bicyclic) bond motifs is 1. The molecule has 0 amide bonds. The van der Waals surface area contributed by atoms with E-state index in [4.69, 9.17) is 9.84 Å². The number of methoxy groups -OCH3 is 1. The molecule has 6 atom stereocenters. The minimum absolute atomic E-state index is 0.101. The molecule has 0 spiro atoms. The zero-order valence-electron chi connectivity index (χ0n) is 25.7. The number of hydrogen-bond donors (Lipinski definition) is 0. The van der Waals surface area contributed by atoms with Gasteiger partial charge in [-0.3, -0.25) is 4.68 Å². The van der Waals surface area contributed by atoms with Crippen molar-refractivity contribution < 1.29 is 13.5 Å². The van der Waals surface area contributed by atoms with Crippen molar-refractivity contribution >= 4 is 14.2 Å². The molecule has 1 heterocycles. The number of alkyl halides is 2. The van der Waals surface area contributed by atoms with Crippen LogP contribution in [0.3, 0.4) is 0 Å². The number of aromatic nitrogens is 2. The Hall–Kier alpha value is -1.74. The fourth-order valence-electron chi connectivity index (χ4n) is 6.83. The van der Waals surface area contributed by atoms with E-state index in [1.165, 1.54) is 24.0 Å². The number of nitrogens with zero attached hydrogens (tertiary/aromatic N) is 2. The van der Waals surface area contributed by atoms with Crippen molar-refractivity contribution in [2.75, 3.05) is 7.11 Å². The second-order valence-electron chi connectivity index (χ2n) is 12.2. The Morgan fingerprint density at radius 2 is 1.79 bits per heavy atom. The Labute approximate surface area is 238 Å². The van der Waals surface area contributed by atoms with Crippen molar-refractivity contribution in [3.05, 3.63) is 46.3 Å². The number of ether oxygens (including phenoxy) is 1. The summed E-state index contributed by atoms with van der Waals surface area (Å²) in [4.78, 5) is 0.